The van der Waals surface area contributed by atoms with E-state index in [1.165, 1.54) is 17.2 Å². The highest BCUT2D eigenvalue weighted by molar-refractivity contribution is 7.89. The third kappa shape index (κ3) is 3.34. The summed E-state index contributed by atoms with van der Waals surface area (Å²) < 4.78 is 22.0. The highest BCUT2D eigenvalue weighted by atomic mass is 35.5. The van der Waals surface area contributed by atoms with Crippen molar-refractivity contribution in [1.82, 2.24) is 4.98 Å². The molecule has 1 aromatic heterocycles. The van der Waals surface area contributed by atoms with Gasteiger partial charge in [0, 0.05) is 31.1 Å². The van der Waals surface area contributed by atoms with Crippen LogP contribution in [0.4, 0.5) is 5.82 Å². The smallest absolute Gasteiger partial charge is 0.228 e. The average Bonchev–Trinajstić information content (AvgIpc) is 2.56. The van der Waals surface area contributed by atoms with Crippen LogP contribution in [-0.4, -0.2) is 36.7 Å². The Labute approximate surface area is 115 Å². The fraction of sp³-hybridized carbons (Fsp3) is 0.400. The molecular formula is C10H12ClN3O4S. The number of nitrogens with two attached hydrogens (primary N) is 1. The molecule has 7 nitrogen and oxygen atoms in total. The average molecular weight is 306 g/mol. The number of primary sulfonamides is 1. The summed E-state index contributed by atoms with van der Waals surface area (Å²) in [6.45, 7) is 0.150. The lowest BCUT2D eigenvalue weighted by molar-refractivity contribution is -0.117. The molecule has 1 atom stereocenters. The summed E-state index contributed by atoms with van der Waals surface area (Å²) in [7, 11) is -3.64. The van der Waals surface area contributed by atoms with Gasteiger partial charge in [-0.1, -0.05) is 11.6 Å². The monoisotopic (exact) mass is 305 g/mol. The number of anilines is 1. The van der Waals surface area contributed by atoms with Crippen LogP contribution in [0.5, 0.6) is 5.75 Å². The van der Waals surface area contributed by atoms with Crippen molar-refractivity contribution in [2.24, 2.45) is 11.1 Å². The van der Waals surface area contributed by atoms with Crippen molar-refractivity contribution in [3.63, 3.8) is 0 Å². The molecule has 1 aliphatic heterocycles. The molecule has 0 saturated carbocycles. The molecular weight excluding hydrogens is 294 g/mol. The summed E-state index contributed by atoms with van der Waals surface area (Å²) in [4.78, 5) is 16.9. The Morgan fingerprint density at radius 3 is 2.84 bits per heavy atom. The van der Waals surface area contributed by atoms with Crippen molar-refractivity contribution < 1.29 is 18.3 Å². The van der Waals surface area contributed by atoms with Crippen LogP contribution < -0.4 is 10.0 Å². The van der Waals surface area contributed by atoms with Gasteiger partial charge in [0.25, 0.3) is 0 Å². The van der Waals surface area contributed by atoms with Gasteiger partial charge in [-0.2, -0.15) is 0 Å². The zero-order valence-corrected chi connectivity index (χ0v) is 11.4. The summed E-state index contributed by atoms with van der Waals surface area (Å²) in [6.07, 6.45) is 1.36. The molecule has 0 radical (unpaired) electrons. The van der Waals surface area contributed by atoms with Crippen LogP contribution in [0.15, 0.2) is 12.3 Å². The second-order valence-corrected chi connectivity index (χ2v) is 6.50. The first-order valence-corrected chi connectivity index (χ1v) is 7.51. The lowest BCUT2D eigenvalue weighted by Gasteiger charge is -2.16. The lowest BCUT2D eigenvalue weighted by Crippen LogP contribution is -2.28. The maximum Gasteiger partial charge on any atom is 0.228 e. The number of sulfonamides is 1. The molecule has 19 heavy (non-hydrogen) atoms. The predicted molar refractivity (Wildman–Crippen MR) is 69.3 cm³/mol. The van der Waals surface area contributed by atoms with Gasteiger partial charge in [0.05, 0.1) is 10.8 Å². The molecule has 104 valence electrons. The maximum atomic E-state index is 11.8. The molecule has 1 saturated heterocycles. The van der Waals surface area contributed by atoms with Gasteiger partial charge in [-0.15, -0.1) is 0 Å². The molecule has 0 aliphatic carbocycles. The van der Waals surface area contributed by atoms with Gasteiger partial charge < -0.3 is 5.11 Å². The van der Waals surface area contributed by atoms with Gasteiger partial charge in [0.1, 0.15) is 0 Å². The first-order valence-electron chi connectivity index (χ1n) is 5.41. The zero-order valence-electron chi connectivity index (χ0n) is 9.78. The van der Waals surface area contributed by atoms with Gasteiger partial charge in [-0.05, 0) is 0 Å². The van der Waals surface area contributed by atoms with Crippen LogP contribution >= 0.6 is 11.6 Å². The van der Waals surface area contributed by atoms with Crippen molar-refractivity contribution in [2.75, 3.05) is 17.2 Å². The maximum absolute atomic E-state index is 11.8. The zero-order chi connectivity index (χ0) is 14.2. The van der Waals surface area contributed by atoms with Crippen LogP contribution in [0.2, 0.25) is 5.02 Å². The summed E-state index contributed by atoms with van der Waals surface area (Å²) in [6, 6.07) is 1.27. The van der Waals surface area contributed by atoms with E-state index >= 15 is 0 Å². The molecule has 2 heterocycles. The molecule has 0 spiro atoms. The van der Waals surface area contributed by atoms with Crippen LogP contribution in [-0.2, 0) is 14.8 Å². The topological polar surface area (TPSA) is 114 Å². The van der Waals surface area contributed by atoms with Crippen LogP contribution in [0.25, 0.3) is 0 Å². The molecule has 1 unspecified atom stereocenters. The molecule has 3 N–H and O–H groups in total. The normalized spacial score (nSPS) is 20.0. The molecule has 1 aromatic rings. The second kappa shape index (κ2) is 4.95. The third-order valence-corrected chi connectivity index (χ3v) is 3.89. The molecule has 0 bridgehead atoms. The van der Waals surface area contributed by atoms with Crippen LogP contribution in [0.1, 0.15) is 6.42 Å². The standard InChI is InChI=1S/C10H12ClN3O4S/c11-7-2-8(15)10(13-3-7)14-4-6(1-9(14)16)5-19(12,17)18/h2-3,6,15H,1,4-5H2,(H2,12,17,18). The number of hydrogen-bond acceptors (Lipinski definition) is 5. The van der Waals surface area contributed by atoms with Crippen LogP contribution in [0.3, 0.4) is 0 Å². The molecule has 0 aromatic carbocycles. The number of amides is 1. The van der Waals surface area contributed by atoms with E-state index in [4.69, 9.17) is 16.7 Å². The molecule has 9 heteroatoms. The minimum Gasteiger partial charge on any atom is -0.504 e. The van der Waals surface area contributed by atoms with E-state index < -0.39 is 15.9 Å². The van der Waals surface area contributed by atoms with E-state index in [1.54, 1.807) is 0 Å². The minimum absolute atomic E-state index is 0.0557. The van der Waals surface area contributed by atoms with E-state index in [-0.39, 0.29) is 41.2 Å². The third-order valence-electron chi connectivity index (χ3n) is 2.74. The molecule has 1 aliphatic rings. The van der Waals surface area contributed by atoms with Gasteiger partial charge in [0.2, 0.25) is 15.9 Å². The van der Waals surface area contributed by atoms with Gasteiger partial charge in [-0.3, -0.25) is 9.69 Å². The number of rotatable bonds is 3. The summed E-state index contributed by atoms with van der Waals surface area (Å²) in [5.74, 6) is -1.13. The SMILES string of the molecule is NS(=O)(=O)CC1CC(=O)N(c2ncc(Cl)cc2O)C1. The fourth-order valence-electron chi connectivity index (χ4n) is 2.06. The summed E-state index contributed by atoms with van der Waals surface area (Å²) >= 11 is 5.65. The Kier molecular flexibility index (Phi) is 3.66. The number of aromatic hydroxyl groups is 1. The molecule has 1 amide bonds. The quantitative estimate of drug-likeness (QED) is 0.821. The highest BCUT2D eigenvalue weighted by Gasteiger charge is 2.34. The second-order valence-electron chi connectivity index (χ2n) is 4.40. The Hall–Kier alpha value is -1.38. The van der Waals surface area contributed by atoms with E-state index in [2.05, 4.69) is 4.98 Å². The summed E-state index contributed by atoms with van der Waals surface area (Å²) in [5.41, 5.74) is 0. The Morgan fingerprint density at radius 2 is 2.26 bits per heavy atom. The number of hydrogen-bond donors (Lipinski definition) is 2. The van der Waals surface area contributed by atoms with Crippen molar-refractivity contribution in [3.05, 3.63) is 17.3 Å². The van der Waals surface area contributed by atoms with E-state index in [0.717, 1.165) is 0 Å². The number of nitrogens with zero attached hydrogens (tertiary/aromatic N) is 2. The van der Waals surface area contributed by atoms with Crippen LogP contribution in [0, 0.1) is 5.92 Å². The number of carbonyl (C=O) groups excluding carboxylic acids is 1. The fourth-order valence-corrected chi connectivity index (χ4v) is 3.09. The number of pyridine rings is 1. The molecule has 1 fully saturated rings. The van der Waals surface area contributed by atoms with Gasteiger partial charge in [0.15, 0.2) is 11.6 Å². The lowest BCUT2D eigenvalue weighted by atomic mass is 10.1. The first kappa shape index (κ1) is 14.0. The van der Waals surface area contributed by atoms with Crippen molar-refractivity contribution in [1.29, 1.82) is 0 Å². The Morgan fingerprint density at radius 1 is 1.58 bits per heavy atom. The molecule has 2 rings (SSSR count). The van der Waals surface area contributed by atoms with Crippen molar-refractivity contribution in [3.8, 4) is 5.75 Å². The number of halogens is 1. The van der Waals surface area contributed by atoms with Crippen molar-refractivity contribution >= 4 is 33.3 Å². The first-order chi connectivity index (χ1) is 8.76. The van der Waals surface area contributed by atoms with E-state index in [1.807, 2.05) is 0 Å². The number of aromatic nitrogens is 1. The largest absolute Gasteiger partial charge is 0.504 e. The van der Waals surface area contributed by atoms with E-state index in [9.17, 15) is 18.3 Å². The predicted octanol–water partition coefficient (Wildman–Crippen LogP) is 0.0820. The number of carbonyl (C=O) groups is 1. The Bertz CT molecular complexity index is 619. The summed E-state index contributed by atoms with van der Waals surface area (Å²) in [5, 5.41) is 14.9. The van der Waals surface area contributed by atoms with E-state index in [0.29, 0.717) is 0 Å². The Balaban J connectivity index is 2.20. The highest BCUT2D eigenvalue weighted by Crippen LogP contribution is 2.32. The van der Waals surface area contributed by atoms with Crippen molar-refractivity contribution in [2.45, 2.75) is 6.42 Å². The van der Waals surface area contributed by atoms with Gasteiger partial charge in [-0.25, -0.2) is 18.5 Å². The minimum atomic E-state index is -3.64. The van der Waals surface area contributed by atoms with Gasteiger partial charge >= 0.3 is 0 Å².